The van der Waals surface area contributed by atoms with E-state index in [4.69, 9.17) is 0 Å². The first-order valence-electron chi connectivity index (χ1n) is 6.49. The Labute approximate surface area is 119 Å². The van der Waals surface area contributed by atoms with Crippen LogP contribution in [-0.4, -0.2) is 31.6 Å². The molecule has 1 aromatic rings. The molecule has 0 amide bonds. The lowest BCUT2D eigenvalue weighted by Gasteiger charge is -2.32. The Morgan fingerprint density at radius 1 is 1.26 bits per heavy atom. The number of nitrogens with one attached hydrogen (secondary N) is 1. The molecule has 1 aliphatic rings. The molecule has 1 aromatic carbocycles. The molecule has 1 saturated heterocycles. The third-order valence-corrected chi connectivity index (χ3v) is 3.42. The molecule has 0 bridgehead atoms. The van der Waals surface area contributed by atoms with Crippen molar-refractivity contribution in [1.29, 1.82) is 0 Å². The number of hydrogen-bond donors (Lipinski definition) is 1. The van der Waals surface area contributed by atoms with Gasteiger partial charge in [-0.15, -0.1) is 12.4 Å². The third kappa shape index (κ3) is 5.05. The van der Waals surface area contributed by atoms with Crippen LogP contribution in [0.4, 0.5) is 8.78 Å². The minimum absolute atomic E-state index is 0. The molecule has 0 radical (unpaired) electrons. The highest BCUT2D eigenvalue weighted by Crippen LogP contribution is 2.18. The summed E-state index contributed by atoms with van der Waals surface area (Å²) in [5, 5.41) is 3.19. The molecular formula is C14H21ClF2N2. The van der Waals surface area contributed by atoms with Gasteiger partial charge >= 0.3 is 0 Å². The highest BCUT2D eigenvalue weighted by Gasteiger charge is 2.19. The second kappa shape index (κ2) is 7.78. The molecule has 1 N–H and O–H groups in total. The highest BCUT2D eigenvalue weighted by molar-refractivity contribution is 5.85. The van der Waals surface area contributed by atoms with E-state index in [0.717, 1.165) is 37.7 Å². The lowest BCUT2D eigenvalue weighted by atomic mass is 9.97. The maximum Gasteiger partial charge on any atom is 0.126 e. The summed E-state index contributed by atoms with van der Waals surface area (Å²) in [6, 6.07) is 3.76. The number of rotatable bonds is 4. The van der Waals surface area contributed by atoms with Crippen LogP contribution in [0.3, 0.4) is 0 Å². The molecule has 108 valence electrons. The van der Waals surface area contributed by atoms with Crippen LogP contribution in [-0.2, 0) is 6.54 Å². The average Bonchev–Trinajstić information content (AvgIpc) is 2.28. The second-order valence-corrected chi connectivity index (χ2v) is 5.08. The predicted octanol–water partition coefficient (Wildman–Crippen LogP) is 2.82. The van der Waals surface area contributed by atoms with Crippen molar-refractivity contribution in [2.75, 3.05) is 26.7 Å². The summed E-state index contributed by atoms with van der Waals surface area (Å²) in [7, 11) is 1.96. The van der Waals surface area contributed by atoms with E-state index in [-0.39, 0.29) is 12.4 Å². The SMILES string of the molecule is CNCC1CCCN(Cc2cc(F)cc(F)c2)C1.Cl. The molecule has 1 aliphatic heterocycles. The van der Waals surface area contributed by atoms with Crippen molar-refractivity contribution < 1.29 is 8.78 Å². The number of likely N-dealkylation sites (tertiary alicyclic amines) is 1. The smallest absolute Gasteiger partial charge is 0.126 e. The average molecular weight is 291 g/mol. The van der Waals surface area contributed by atoms with Crippen molar-refractivity contribution >= 4 is 12.4 Å². The van der Waals surface area contributed by atoms with Crippen LogP contribution in [0.2, 0.25) is 0 Å². The standard InChI is InChI=1S/C14H20F2N2.ClH/c1-17-8-11-3-2-4-18(9-11)10-12-5-13(15)7-14(16)6-12;/h5-7,11,17H,2-4,8-10H2,1H3;1H. The van der Waals surface area contributed by atoms with Gasteiger partial charge in [-0.05, 0) is 56.6 Å². The molecule has 0 saturated carbocycles. The zero-order valence-corrected chi connectivity index (χ0v) is 12.0. The van der Waals surface area contributed by atoms with Crippen molar-refractivity contribution in [2.45, 2.75) is 19.4 Å². The van der Waals surface area contributed by atoms with Gasteiger partial charge < -0.3 is 5.32 Å². The van der Waals surface area contributed by atoms with Crippen molar-refractivity contribution in [2.24, 2.45) is 5.92 Å². The Kier molecular flexibility index (Phi) is 6.69. The van der Waals surface area contributed by atoms with E-state index in [1.165, 1.54) is 18.6 Å². The third-order valence-electron chi connectivity index (χ3n) is 3.42. The molecule has 1 heterocycles. The summed E-state index contributed by atoms with van der Waals surface area (Å²) in [5.74, 6) is -0.343. The number of nitrogens with zero attached hydrogens (tertiary/aromatic N) is 1. The fraction of sp³-hybridized carbons (Fsp3) is 0.571. The molecule has 2 rings (SSSR count). The molecular weight excluding hydrogens is 270 g/mol. The van der Waals surface area contributed by atoms with Gasteiger partial charge in [0.15, 0.2) is 0 Å². The predicted molar refractivity (Wildman–Crippen MR) is 75.5 cm³/mol. The first kappa shape index (κ1) is 16.3. The van der Waals surface area contributed by atoms with Gasteiger partial charge in [0.2, 0.25) is 0 Å². The van der Waals surface area contributed by atoms with E-state index in [2.05, 4.69) is 10.2 Å². The quantitative estimate of drug-likeness (QED) is 0.917. The Hall–Kier alpha value is -0.710. The van der Waals surface area contributed by atoms with Crippen molar-refractivity contribution in [3.63, 3.8) is 0 Å². The molecule has 1 atom stereocenters. The summed E-state index contributed by atoms with van der Waals surface area (Å²) in [5.41, 5.74) is 0.720. The minimum atomic E-state index is -0.492. The molecule has 0 spiro atoms. The van der Waals surface area contributed by atoms with Gasteiger partial charge in [-0.3, -0.25) is 4.90 Å². The second-order valence-electron chi connectivity index (χ2n) is 5.08. The van der Waals surface area contributed by atoms with Gasteiger partial charge in [0.25, 0.3) is 0 Å². The Balaban J connectivity index is 0.00000180. The fourth-order valence-electron chi connectivity index (χ4n) is 2.71. The van der Waals surface area contributed by atoms with E-state index in [1.54, 1.807) is 0 Å². The highest BCUT2D eigenvalue weighted by atomic mass is 35.5. The van der Waals surface area contributed by atoms with E-state index < -0.39 is 11.6 Å². The Morgan fingerprint density at radius 2 is 1.95 bits per heavy atom. The first-order valence-corrected chi connectivity index (χ1v) is 6.49. The van der Waals surface area contributed by atoms with Crippen LogP contribution in [0.25, 0.3) is 0 Å². The summed E-state index contributed by atoms with van der Waals surface area (Å²) in [4.78, 5) is 2.28. The molecule has 1 unspecified atom stereocenters. The summed E-state index contributed by atoms with van der Waals surface area (Å²) < 4.78 is 26.2. The maximum atomic E-state index is 13.1. The van der Waals surface area contributed by atoms with Gasteiger partial charge in [0.1, 0.15) is 11.6 Å². The summed E-state index contributed by atoms with van der Waals surface area (Å²) in [6.07, 6.45) is 2.39. The normalized spacial score (nSPS) is 20.1. The van der Waals surface area contributed by atoms with Crippen LogP contribution in [0.5, 0.6) is 0 Å². The topological polar surface area (TPSA) is 15.3 Å². The molecule has 1 fully saturated rings. The number of benzene rings is 1. The van der Waals surface area contributed by atoms with E-state index in [0.29, 0.717) is 12.5 Å². The van der Waals surface area contributed by atoms with Crippen LogP contribution in [0.1, 0.15) is 18.4 Å². The molecule has 19 heavy (non-hydrogen) atoms. The Bertz CT molecular complexity index is 379. The van der Waals surface area contributed by atoms with E-state index in [1.807, 2.05) is 7.05 Å². The summed E-state index contributed by atoms with van der Waals surface area (Å²) >= 11 is 0. The zero-order chi connectivity index (χ0) is 13.0. The number of piperidine rings is 1. The minimum Gasteiger partial charge on any atom is -0.319 e. The molecule has 0 aliphatic carbocycles. The van der Waals surface area contributed by atoms with Crippen LogP contribution in [0, 0.1) is 17.6 Å². The summed E-state index contributed by atoms with van der Waals surface area (Å²) in [6.45, 7) is 3.65. The van der Waals surface area contributed by atoms with Gasteiger partial charge in [-0.2, -0.15) is 0 Å². The fourth-order valence-corrected chi connectivity index (χ4v) is 2.71. The van der Waals surface area contributed by atoms with Crippen molar-refractivity contribution in [3.8, 4) is 0 Å². The van der Waals surface area contributed by atoms with Gasteiger partial charge in [0, 0.05) is 19.2 Å². The molecule has 5 heteroatoms. The lowest BCUT2D eigenvalue weighted by Crippen LogP contribution is -2.38. The van der Waals surface area contributed by atoms with Crippen LogP contribution in [0.15, 0.2) is 18.2 Å². The Morgan fingerprint density at radius 3 is 2.58 bits per heavy atom. The van der Waals surface area contributed by atoms with E-state index >= 15 is 0 Å². The maximum absolute atomic E-state index is 13.1. The van der Waals surface area contributed by atoms with Crippen molar-refractivity contribution in [1.82, 2.24) is 10.2 Å². The zero-order valence-electron chi connectivity index (χ0n) is 11.2. The van der Waals surface area contributed by atoms with Crippen molar-refractivity contribution in [3.05, 3.63) is 35.4 Å². The van der Waals surface area contributed by atoms with Gasteiger partial charge in [-0.1, -0.05) is 0 Å². The molecule has 0 aromatic heterocycles. The monoisotopic (exact) mass is 290 g/mol. The molecule has 2 nitrogen and oxygen atoms in total. The van der Waals surface area contributed by atoms with E-state index in [9.17, 15) is 8.78 Å². The number of hydrogen-bond acceptors (Lipinski definition) is 2. The van der Waals surface area contributed by atoms with Crippen LogP contribution < -0.4 is 5.32 Å². The van der Waals surface area contributed by atoms with Crippen LogP contribution >= 0.6 is 12.4 Å². The first-order chi connectivity index (χ1) is 8.67. The number of halogens is 3. The lowest BCUT2D eigenvalue weighted by molar-refractivity contribution is 0.166. The van der Waals surface area contributed by atoms with Gasteiger partial charge in [-0.25, -0.2) is 8.78 Å². The largest absolute Gasteiger partial charge is 0.319 e. The van der Waals surface area contributed by atoms with Gasteiger partial charge in [0.05, 0.1) is 0 Å².